The minimum absolute atomic E-state index is 0.598. The third-order valence-corrected chi connectivity index (χ3v) is 4.71. The van der Waals surface area contributed by atoms with Crippen molar-refractivity contribution in [2.75, 3.05) is 32.7 Å². The summed E-state index contributed by atoms with van der Waals surface area (Å²) in [6, 6.07) is 15.1. The van der Waals surface area contributed by atoms with Crippen molar-refractivity contribution in [3.05, 3.63) is 66.0 Å². The molecule has 1 aliphatic heterocycles. The molecule has 0 aliphatic carbocycles. The van der Waals surface area contributed by atoms with E-state index in [-0.39, 0.29) is 0 Å². The lowest BCUT2D eigenvalue weighted by atomic mass is 10.0. The Labute approximate surface area is 140 Å². The molecule has 1 saturated heterocycles. The van der Waals surface area contributed by atoms with Crippen LogP contribution in [0.3, 0.4) is 0 Å². The molecular formula is C20H27N3. The SMILES string of the molecule is C[C@@H](CN1CCCN(Cc2cccnc2)CC1)c1ccccc1. The van der Waals surface area contributed by atoms with E-state index in [0.717, 1.165) is 26.2 Å². The molecule has 3 nitrogen and oxygen atoms in total. The van der Waals surface area contributed by atoms with Gasteiger partial charge in [-0.2, -0.15) is 0 Å². The summed E-state index contributed by atoms with van der Waals surface area (Å²) in [7, 11) is 0. The summed E-state index contributed by atoms with van der Waals surface area (Å²) in [6.07, 6.45) is 5.08. The van der Waals surface area contributed by atoms with Gasteiger partial charge >= 0.3 is 0 Å². The molecule has 0 saturated carbocycles. The quantitative estimate of drug-likeness (QED) is 0.844. The van der Waals surface area contributed by atoms with Crippen LogP contribution in [0.1, 0.15) is 30.4 Å². The van der Waals surface area contributed by atoms with Gasteiger partial charge in [-0.3, -0.25) is 9.88 Å². The molecule has 3 heteroatoms. The zero-order valence-electron chi connectivity index (χ0n) is 14.1. The topological polar surface area (TPSA) is 19.4 Å². The van der Waals surface area contributed by atoms with Crippen LogP contribution in [-0.2, 0) is 6.54 Å². The Hall–Kier alpha value is -1.71. The van der Waals surface area contributed by atoms with E-state index in [1.54, 1.807) is 0 Å². The molecule has 0 unspecified atom stereocenters. The summed E-state index contributed by atoms with van der Waals surface area (Å²) < 4.78 is 0. The van der Waals surface area contributed by atoms with Crippen molar-refractivity contribution in [2.45, 2.75) is 25.8 Å². The lowest BCUT2D eigenvalue weighted by Crippen LogP contribution is -2.32. The van der Waals surface area contributed by atoms with E-state index in [1.807, 2.05) is 18.5 Å². The lowest BCUT2D eigenvalue weighted by molar-refractivity contribution is 0.245. The van der Waals surface area contributed by atoms with E-state index < -0.39 is 0 Å². The van der Waals surface area contributed by atoms with Crippen LogP contribution >= 0.6 is 0 Å². The predicted molar refractivity (Wildman–Crippen MR) is 95.4 cm³/mol. The van der Waals surface area contributed by atoms with Crippen LogP contribution in [0.15, 0.2) is 54.9 Å². The monoisotopic (exact) mass is 309 g/mol. The maximum absolute atomic E-state index is 4.22. The number of rotatable bonds is 5. The maximum Gasteiger partial charge on any atom is 0.0312 e. The van der Waals surface area contributed by atoms with Crippen LogP contribution < -0.4 is 0 Å². The molecule has 1 aromatic heterocycles. The van der Waals surface area contributed by atoms with Crippen LogP contribution in [-0.4, -0.2) is 47.5 Å². The van der Waals surface area contributed by atoms with Gasteiger partial charge < -0.3 is 4.90 Å². The van der Waals surface area contributed by atoms with E-state index in [0.29, 0.717) is 5.92 Å². The van der Waals surface area contributed by atoms with Crippen LogP contribution in [0.2, 0.25) is 0 Å². The fourth-order valence-corrected chi connectivity index (χ4v) is 3.39. The van der Waals surface area contributed by atoms with E-state index in [1.165, 1.54) is 30.6 Å². The highest BCUT2D eigenvalue weighted by molar-refractivity contribution is 5.19. The van der Waals surface area contributed by atoms with E-state index in [9.17, 15) is 0 Å². The van der Waals surface area contributed by atoms with Gasteiger partial charge in [-0.05, 0) is 42.6 Å². The molecule has 0 bridgehead atoms. The Kier molecular flexibility index (Phi) is 5.78. The van der Waals surface area contributed by atoms with E-state index >= 15 is 0 Å². The van der Waals surface area contributed by atoms with Gasteiger partial charge in [0.15, 0.2) is 0 Å². The molecule has 2 heterocycles. The van der Waals surface area contributed by atoms with Gasteiger partial charge in [0, 0.05) is 38.6 Å². The Balaban J connectivity index is 1.50. The largest absolute Gasteiger partial charge is 0.301 e. The highest BCUT2D eigenvalue weighted by Gasteiger charge is 2.17. The first-order chi connectivity index (χ1) is 11.3. The predicted octanol–water partition coefficient (Wildman–Crippen LogP) is 3.39. The fraction of sp³-hybridized carbons (Fsp3) is 0.450. The molecule has 0 radical (unpaired) electrons. The normalized spacial score (nSPS) is 18.5. The molecule has 2 aromatic rings. The lowest BCUT2D eigenvalue weighted by Gasteiger charge is -2.25. The highest BCUT2D eigenvalue weighted by Crippen LogP contribution is 2.17. The molecule has 122 valence electrons. The van der Waals surface area contributed by atoms with Crippen molar-refractivity contribution in [1.29, 1.82) is 0 Å². The first kappa shape index (κ1) is 16.2. The third-order valence-electron chi connectivity index (χ3n) is 4.71. The highest BCUT2D eigenvalue weighted by atomic mass is 15.2. The van der Waals surface area contributed by atoms with Gasteiger partial charge in [-0.1, -0.05) is 43.3 Å². The standard InChI is InChI=1S/C20H27N3/c1-18(20-8-3-2-4-9-20)16-22-11-6-12-23(14-13-22)17-19-7-5-10-21-15-19/h2-5,7-10,15,18H,6,11-14,16-17H2,1H3/t18-/m0/s1. The first-order valence-electron chi connectivity index (χ1n) is 8.70. The number of pyridine rings is 1. The minimum atomic E-state index is 0.598. The average molecular weight is 309 g/mol. The fourth-order valence-electron chi connectivity index (χ4n) is 3.39. The van der Waals surface area contributed by atoms with E-state index in [2.05, 4.69) is 58.1 Å². The molecule has 1 aliphatic rings. The number of hydrogen-bond donors (Lipinski definition) is 0. The first-order valence-corrected chi connectivity index (χ1v) is 8.70. The second-order valence-corrected chi connectivity index (χ2v) is 6.60. The minimum Gasteiger partial charge on any atom is -0.301 e. The maximum atomic E-state index is 4.22. The van der Waals surface area contributed by atoms with Gasteiger partial charge in [0.25, 0.3) is 0 Å². The summed E-state index contributed by atoms with van der Waals surface area (Å²) in [5, 5.41) is 0. The zero-order chi connectivity index (χ0) is 15.9. The molecule has 0 amide bonds. The molecule has 0 N–H and O–H groups in total. The second-order valence-electron chi connectivity index (χ2n) is 6.60. The van der Waals surface area contributed by atoms with Gasteiger partial charge in [0.1, 0.15) is 0 Å². The number of nitrogens with zero attached hydrogens (tertiary/aromatic N) is 3. The van der Waals surface area contributed by atoms with Crippen molar-refractivity contribution < 1.29 is 0 Å². The number of benzene rings is 1. The van der Waals surface area contributed by atoms with Gasteiger partial charge in [-0.15, -0.1) is 0 Å². The summed E-state index contributed by atoms with van der Waals surface area (Å²) in [6.45, 7) is 9.23. The summed E-state index contributed by atoms with van der Waals surface area (Å²) in [4.78, 5) is 9.41. The van der Waals surface area contributed by atoms with Crippen molar-refractivity contribution in [3.63, 3.8) is 0 Å². The van der Waals surface area contributed by atoms with Crippen LogP contribution in [0.25, 0.3) is 0 Å². The van der Waals surface area contributed by atoms with Gasteiger partial charge in [0.2, 0.25) is 0 Å². The second kappa shape index (κ2) is 8.23. The third kappa shape index (κ3) is 4.88. The van der Waals surface area contributed by atoms with Crippen LogP contribution in [0.5, 0.6) is 0 Å². The molecule has 1 aromatic carbocycles. The Morgan fingerprint density at radius 1 is 0.957 bits per heavy atom. The van der Waals surface area contributed by atoms with E-state index in [4.69, 9.17) is 0 Å². The van der Waals surface area contributed by atoms with Crippen molar-refractivity contribution >= 4 is 0 Å². The van der Waals surface area contributed by atoms with Crippen molar-refractivity contribution in [2.24, 2.45) is 0 Å². The molecular weight excluding hydrogens is 282 g/mol. The molecule has 1 fully saturated rings. The summed E-state index contributed by atoms with van der Waals surface area (Å²) in [5.41, 5.74) is 2.77. The Bertz CT molecular complexity index is 570. The van der Waals surface area contributed by atoms with Crippen molar-refractivity contribution in [1.82, 2.24) is 14.8 Å². The molecule has 23 heavy (non-hydrogen) atoms. The van der Waals surface area contributed by atoms with Gasteiger partial charge in [-0.25, -0.2) is 0 Å². The van der Waals surface area contributed by atoms with Crippen LogP contribution in [0.4, 0.5) is 0 Å². The average Bonchev–Trinajstić information content (AvgIpc) is 2.82. The van der Waals surface area contributed by atoms with Crippen LogP contribution in [0, 0.1) is 0 Å². The zero-order valence-corrected chi connectivity index (χ0v) is 14.1. The number of hydrogen-bond acceptors (Lipinski definition) is 3. The molecule has 3 rings (SSSR count). The Morgan fingerprint density at radius 3 is 2.52 bits per heavy atom. The molecule has 0 spiro atoms. The Morgan fingerprint density at radius 2 is 1.74 bits per heavy atom. The smallest absolute Gasteiger partial charge is 0.0312 e. The van der Waals surface area contributed by atoms with Gasteiger partial charge in [0.05, 0.1) is 0 Å². The number of aromatic nitrogens is 1. The molecule has 1 atom stereocenters. The summed E-state index contributed by atoms with van der Waals surface area (Å²) in [5.74, 6) is 0.598. The van der Waals surface area contributed by atoms with Crippen molar-refractivity contribution in [3.8, 4) is 0 Å². The summed E-state index contributed by atoms with van der Waals surface area (Å²) >= 11 is 0.